The average molecular weight is 547 g/mol. The van der Waals surface area contributed by atoms with Crippen molar-refractivity contribution in [3.8, 4) is 5.75 Å². The Hall–Kier alpha value is -3.89. The van der Waals surface area contributed by atoms with E-state index in [0.29, 0.717) is 42.5 Å². The molecule has 4 aromatic rings. The molecule has 0 amide bonds. The molecule has 9 nitrogen and oxygen atoms in total. The molecule has 2 aliphatic rings. The molecule has 1 fully saturated rings. The highest BCUT2D eigenvalue weighted by Gasteiger charge is 2.30. The van der Waals surface area contributed by atoms with Crippen LogP contribution in [-0.2, 0) is 17.8 Å². The van der Waals surface area contributed by atoms with Crippen LogP contribution in [0.4, 0.5) is 5.69 Å². The molecule has 0 aliphatic carbocycles. The van der Waals surface area contributed by atoms with Crippen molar-refractivity contribution in [2.75, 3.05) is 44.7 Å². The molecule has 1 unspecified atom stereocenters. The normalized spacial score (nSPS) is 17.4. The lowest BCUT2D eigenvalue weighted by atomic mass is 10.1. The average Bonchev–Trinajstić information content (AvgIpc) is 3.43. The van der Waals surface area contributed by atoms with Crippen molar-refractivity contribution in [3.05, 3.63) is 91.3 Å². The van der Waals surface area contributed by atoms with Crippen LogP contribution in [0.25, 0.3) is 10.9 Å². The minimum Gasteiger partial charge on any atom is -0.495 e. The number of thiophene rings is 1. The third-order valence-electron chi connectivity index (χ3n) is 7.60. The summed E-state index contributed by atoms with van der Waals surface area (Å²) in [6, 6.07) is 16.9. The Morgan fingerprint density at radius 1 is 0.949 bits per heavy atom. The number of piperazine rings is 1. The number of hydrogen-bond acceptors (Lipinski definition) is 8. The van der Waals surface area contributed by atoms with Gasteiger partial charge in [-0.15, -0.1) is 11.3 Å². The number of para-hydroxylation sites is 2. The Bertz CT molecular complexity index is 1620. The van der Waals surface area contributed by atoms with Crippen molar-refractivity contribution in [3.63, 3.8) is 0 Å². The van der Waals surface area contributed by atoms with Gasteiger partial charge in [-0.2, -0.15) is 0 Å². The summed E-state index contributed by atoms with van der Waals surface area (Å²) in [6.45, 7) is 4.70. The molecule has 0 N–H and O–H groups in total. The van der Waals surface area contributed by atoms with Crippen LogP contribution in [0.3, 0.4) is 0 Å². The lowest BCUT2D eigenvalue weighted by Gasteiger charge is -2.36. The van der Waals surface area contributed by atoms with E-state index in [9.17, 15) is 14.4 Å². The second kappa shape index (κ2) is 10.7. The number of carbonyl (C=O) groups excluding carboxylic acids is 1. The first-order valence-electron chi connectivity index (χ1n) is 13.2. The highest BCUT2D eigenvalue weighted by Crippen LogP contribution is 2.37. The number of ether oxygens (including phenoxy) is 2. The summed E-state index contributed by atoms with van der Waals surface area (Å²) in [5, 5.41) is 2.30. The lowest BCUT2D eigenvalue weighted by Crippen LogP contribution is -2.49. The minimum atomic E-state index is -0.477. The van der Waals surface area contributed by atoms with E-state index in [1.54, 1.807) is 41.3 Å². The zero-order chi connectivity index (χ0) is 26.9. The van der Waals surface area contributed by atoms with Gasteiger partial charge in [0.1, 0.15) is 11.9 Å². The van der Waals surface area contributed by atoms with Crippen LogP contribution in [-0.4, -0.2) is 59.8 Å². The Morgan fingerprint density at radius 3 is 2.46 bits per heavy atom. The van der Waals surface area contributed by atoms with Gasteiger partial charge in [0, 0.05) is 57.6 Å². The lowest BCUT2D eigenvalue weighted by molar-refractivity contribution is 0.0266. The van der Waals surface area contributed by atoms with Gasteiger partial charge >= 0.3 is 11.7 Å². The molecule has 0 radical (unpaired) electrons. The monoisotopic (exact) mass is 546 g/mol. The van der Waals surface area contributed by atoms with Gasteiger partial charge in [0.25, 0.3) is 5.56 Å². The van der Waals surface area contributed by atoms with Crippen molar-refractivity contribution in [1.82, 2.24) is 14.0 Å². The van der Waals surface area contributed by atoms with Crippen LogP contribution < -0.4 is 20.9 Å². The number of methoxy groups -OCH3 is 1. The van der Waals surface area contributed by atoms with Crippen LogP contribution >= 0.6 is 11.3 Å². The molecule has 0 spiro atoms. The third-order valence-corrected chi connectivity index (χ3v) is 8.67. The highest BCUT2D eigenvalue weighted by atomic mass is 32.1. The first-order chi connectivity index (χ1) is 19.0. The van der Waals surface area contributed by atoms with Gasteiger partial charge in [-0.1, -0.05) is 30.3 Å². The Morgan fingerprint density at radius 2 is 1.69 bits per heavy atom. The van der Waals surface area contributed by atoms with Crippen molar-refractivity contribution >= 4 is 33.9 Å². The van der Waals surface area contributed by atoms with E-state index in [1.165, 1.54) is 15.9 Å². The van der Waals surface area contributed by atoms with Gasteiger partial charge in [0.15, 0.2) is 0 Å². The molecule has 2 aliphatic heterocycles. The molecular weight excluding hydrogens is 516 g/mol. The zero-order valence-electron chi connectivity index (χ0n) is 21.7. The number of aryl methyl sites for hydroxylation is 1. The number of anilines is 1. The molecule has 4 heterocycles. The van der Waals surface area contributed by atoms with Gasteiger partial charge < -0.3 is 14.4 Å². The van der Waals surface area contributed by atoms with Gasteiger partial charge in [0.05, 0.1) is 34.1 Å². The number of benzene rings is 2. The molecule has 2 aromatic carbocycles. The fourth-order valence-corrected chi connectivity index (χ4v) is 6.62. The Labute approximate surface area is 229 Å². The standard InChI is InChI=1S/C29H30N4O5S/c1-37-23-10-6-5-9-22(23)31-16-13-30(14-17-31)15-18-33-27(34)21-19-39-26-24(11-12-32(25(21)26)29(33)36)38-28(35)20-7-3-2-4-8-20/h2-10,19,24H,11-18H2,1H3. The third kappa shape index (κ3) is 4.74. The van der Waals surface area contributed by atoms with E-state index >= 15 is 0 Å². The molecule has 2 aromatic heterocycles. The van der Waals surface area contributed by atoms with Crippen LogP contribution in [0.15, 0.2) is 69.6 Å². The van der Waals surface area contributed by atoms with Crippen molar-refractivity contribution < 1.29 is 14.3 Å². The van der Waals surface area contributed by atoms with Crippen LogP contribution in [0.2, 0.25) is 0 Å². The predicted molar refractivity (Wildman–Crippen MR) is 151 cm³/mol. The van der Waals surface area contributed by atoms with Crippen molar-refractivity contribution in [1.29, 1.82) is 0 Å². The van der Waals surface area contributed by atoms with E-state index in [2.05, 4.69) is 15.9 Å². The SMILES string of the molecule is COc1ccccc1N1CCN(CCn2c(=O)c3csc4c3n(c2=O)CCC4OC(=O)c2ccccc2)CC1. The van der Waals surface area contributed by atoms with Crippen molar-refractivity contribution in [2.24, 2.45) is 0 Å². The maximum absolute atomic E-state index is 13.4. The van der Waals surface area contributed by atoms with Gasteiger partial charge in [-0.3, -0.25) is 18.8 Å². The summed E-state index contributed by atoms with van der Waals surface area (Å²) >= 11 is 1.38. The molecule has 6 rings (SSSR count). The van der Waals surface area contributed by atoms with E-state index in [-0.39, 0.29) is 11.2 Å². The van der Waals surface area contributed by atoms with Crippen LogP contribution in [0, 0.1) is 0 Å². The number of hydrogen-bond donors (Lipinski definition) is 0. The molecule has 10 heteroatoms. The molecule has 39 heavy (non-hydrogen) atoms. The first-order valence-corrected chi connectivity index (χ1v) is 14.0. The number of aromatic nitrogens is 2. The fraction of sp³-hybridized carbons (Fsp3) is 0.345. The second-order valence-electron chi connectivity index (χ2n) is 9.80. The summed E-state index contributed by atoms with van der Waals surface area (Å²) in [7, 11) is 1.68. The summed E-state index contributed by atoms with van der Waals surface area (Å²) in [5.41, 5.74) is 1.59. The summed E-state index contributed by atoms with van der Waals surface area (Å²) < 4.78 is 14.4. The minimum absolute atomic E-state index is 0.281. The molecule has 1 atom stereocenters. The van der Waals surface area contributed by atoms with Gasteiger partial charge in [0.2, 0.25) is 0 Å². The van der Waals surface area contributed by atoms with E-state index in [0.717, 1.165) is 42.5 Å². The fourth-order valence-electron chi connectivity index (χ4n) is 5.51. The number of nitrogens with zero attached hydrogens (tertiary/aromatic N) is 4. The van der Waals surface area contributed by atoms with Crippen molar-refractivity contribution in [2.45, 2.75) is 25.6 Å². The highest BCUT2D eigenvalue weighted by molar-refractivity contribution is 7.11. The number of rotatable bonds is 7. The van der Waals surface area contributed by atoms with E-state index < -0.39 is 12.1 Å². The Balaban J connectivity index is 1.16. The quantitative estimate of drug-likeness (QED) is 0.329. The first kappa shape index (κ1) is 25.4. The van der Waals surface area contributed by atoms with Gasteiger partial charge in [-0.05, 0) is 24.3 Å². The van der Waals surface area contributed by atoms with Crippen LogP contribution in [0.1, 0.15) is 27.8 Å². The van der Waals surface area contributed by atoms with E-state index in [1.807, 2.05) is 24.3 Å². The summed E-state index contributed by atoms with van der Waals surface area (Å²) in [4.78, 5) is 44.8. The predicted octanol–water partition coefficient (Wildman–Crippen LogP) is 3.36. The van der Waals surface area contributed by atoms with Crippen LogP contribution in [0.5, 0.6) is 5.75 Å². The number of carbonyl (C=O) groups is 1. The largest absolute Gasteiger partial charge is 0.495 e. The summed E-state index contributed by atoms with van der Waals surface area (Å²) in [5.74, 6) is 0.456. The van der Waals surface area contributed by atoms with Gasteiger partial charge in [-0.25, -0.2) is 9.59 Å². The molecule has 0 saturated carbocycles. The molecule has 0 bridgehead atoms. The maximum atomic E-state index is 13.4. The molecular formula is C29H30N4O5S. The number of esters is 1. The topological polar surface area (TPSA) is 86.0 Å². The molecule has 202 valence electrons. The summed E-state index contributed by atoms with van der Waals surface area (Å²) in [6.07, 6.45) is 0.0129. The zero-order valence-corrected chi connectivity index (χ0v) is 22.6. The smallest absolute Gasteiger partial charge is 0.338 e. The second-order valence-corrected chi connectivity index (χ2v) is 10.7. The Kier molecular flexibility index (Phi) is 6.97. The maximum Gasteiger partial charge on any atom is 0.338 e. The van der Waals surface area contributed by atoms with E-state index in [4.69, 9.17) is 9.47 Å². The molecule has 1 saturated heterocycles.